The van der Waals surface area contributed by atoms with Gasteiger partial charge in [0.25, 0.3) is 11.5 Å². The third kappa shape index (κ3) is 2.65. The Labute approximate surface area is 157 Å². The van der Waals surface area contributed by atoms with Crippen molar-refractivity contribution in [1.82, 2.24) is 14.1 Å². The van der Waals surface area contributed by atoms with Gasteiger partial charge in [0.05, 0.1) is 22.1 Å². The summed E-state index contributed by atoms with van der Waals surface area (Å²) in [6.45, 7) is 1.91. The van der Waals surface area contributed by atoms with Crippen LogP contribution < -0.4 is 16.6 Å². The molecule has 4 rings (SSSR count). The lowest BCUT2D eigenvalue weighted by atomic mass is 10.1. The van der Waals surface area contributed by atoms with Crippen LogP contribution in [0.3, 0.4) is 0 Å². The average Bonchev–Trinajstić information content (AvgIpc) is 3.02. The minimum atomic E-state index is -0.449. The second-order valence-corrected chi connectivity index (χ2v) is 7.36. The van der Waals surface area contributed by atoms with E-state index in [0.717, 1.165) is 20.2 Å². The first-order chi connectivity index (χ1) is 12.9. The third-order valence-corrected chi connectivity index (χ3v) is 5.87. The number of aromatic nitrogens is 3. The van der Waals surface area contributed by atoms with Crippen molar-refractivity contribution in [2.24, 2.45) is 14.1 Å². The smallest absolute Gasteiger partial charge is 0.320 e. The van der Waals surface area contributed by atoms with Crippen molar-refractivity contribution in [2.75, 3.05) is 5.32 Å². The predicted octanol–water partition coefficient (Wildman–Crippen LogP) is 2.41. The molecule has 0 saturated carbocycles. The van der Waals surface area contributed by atoms with E-state index in [-0.39, 0.29) is 16.9 Å². The van der Waals surface area contributed by atoms with Gasteiger partial charge in [0, 0.05) is 18.8 Å². The van der Waals surface area contributed by atoms with E-state index in [1.54, 1.807) is 13.1 Å². The van der Waals surface area contributed by atoms with Crippen LogP contribution in [0.4, 0.5) is 5.69 Å². The largest absolute Gasteiger partial charge is 0.332 e. The average molecular weight is 380 g/mol. The molecule has 0 aliphatic carbocycles. The molecule has 7 nitrogen and oxygen atoms in total. The summed E-state index contributed by atoms with van der Waals surface area (Å²) < 4.78 is 3.37. The lowest BCUT2D eigenvalue weighted by Crippen LogP contribution is -2.37. The van der Waals surface area contributed by atoms with Crippen molar-refractivity contribution in [3.63, 3.8) is 0 Å². The van der Waals surface area contributed by atoms with Gasteiger partial charge in [0.15, 0.2) is 0 Å². The predicted molar refractivity (Wildman–Crippen MR) is 107 cm³/mol. The Hall–Kier alpha value is -3.26. The van der Waals surface area contributed by atoms with E-state index in [2.05, 4.69) is 10.3 Å². The van der Waals surface area contributed by atoms with Gasteiger partial charge >= 0.3 is 5.69 Å². The number of pyridine rings is 1. The number of benzene rings is 1. The minimum Gasteiger partial charge on any atom is -0.320 e. The van der Waals surface area contributed by atoms with Crippen molar-refractivity contribution in [3.8, 4) is 0 Å². The summed E-state index contributed by atoms with van der Waals surface area (Å²) in [6, 6.07) is 9.39. The van der Waals surface area contributed by atoms with E-state index in [1.807, 2.05) is 31.2 Å². The van der Waals surface area contributed by atoms with Gasteiger partial charge < -0.3 is 5.32 Å². The highest BCUT2D eigenvalue weighted by Crippen LogP contribution is 2.31. The maximum atomic E-state index is 12.7. The van der Waals surface area contributed by atoms with Crippen LogP contribution in [0.5, 0.6) is 0 Å². The van der Waals surface area contributed by atoms with Crippen LogP contribution in [0, 0.1) is 6.92 Å². The second kappa shape index (κ2) is 6.17. The zero-order valence-electron chi connectivity index (χ0n) is 14.9. The monoisotopic (exact) mass is 380 g/mol. The number of carbonyl (C=O) groups excluding carboxylic acids is 1. The standard InChI is InChI=1S/C19H16N4O3S/c1-10-12-6-4-5-7-14(12)27-15(10)17(24)21-11-8-13-16(20-9-11)22(2)19(26)23(3)18(13)25/h4-9H,1-3H3,(H,21,24). The number of amides is 1. The van der Waals surface area contributed by atoms with Gasteiger partial charge in [-0.05, 0) is 30.0 Å². The molecule has 0 unspecified atom stereocenters. The van der Waals surface area contributed by atoms with E-state index >= 15 is 0 Å². The first kappa shape index (κ1) is 17.2. The number of carbonyl (C=O) groups is 1. The summed E-state index contributed by atoms with van der Waals surface area (Å²) in [5, 5.41) is 4.12. The second-order valence-electron chi connectivity index (χ2n) is 6.31. The Morgan fingerprint density at radius 3 is 2.59 bits per heavy atom. The third-order valence-electron chi connectivity index (χ3n) is 4.60. The molecule has 27 heavy (non-hydrogen) atoms. The number of hydrogen-bond donors (Lipinski definition) is 1. The van der Waals surface area contributed by atoms with Gasteiger partial charge in [-0.1, -0.05) is 18.2 Å². The molecule has 0 aliphatic rings. The molecular formula is C19H16N4O3S. The summed E-state index contributed by atoms with van der Waals surface area (Å²) in [7, 11) is 2.96. The molecule has 4 aromatic rings. The highest BCUT2D eigenvalue weighted by Gasteiger charge is 2.16. The van der Waals surface area contributed by atoms with Crippen molar-refractivity contribution in [2.45, 2.75) is 6.92 Å². The van der Waals surface area contributed by atoms with Crippen LogP contribution in [0.15, 0.2) is 46.1 Å². The lowest BCUT2D eigenvalue weighted by molar-refractivity contribution is 0.103. The van der Waals surface area contributed by atoms with Crippen molar-refractivity contribution >= 4 is 44.1 Å². The van der Waals surface area contributed by atoms with E-state index in [9.17, 15) is 14.4 Å². The number of thiophene rings is 1. The SMILES string of the molecule is Cc1c(C(=O)Nc2cnc3c(c2)c(=O)n(C)c(=O)n3C)sc2ccccc12. The number of nitrogens with zero attached hydrogens (tertiary/aromatic N) is 3. The van der Waals surface area contributed by atoms with Crippen molar-refractivity contribution in [3.05, 3.63) is 67.8 Å². The summed E-state index contributed by atoms with van der Waals surface area (Å²) in [5.41, 5.74) is 0.701. The first-order valence-electron chi connectivity index (χ1n) is 8.23. The number of fused-ring (bicyclic) bond motifs is 2. The topological polar surface area (TPSA) is 86.0 Å². The van der Waals surface area contributed by atoms with Crippen LogP contribution in [-0.2, 0) is 14.1 Å². The van der Waals surface area contributed by atoms with Gasteiger partial charge in [0.1, 0.15) is 5.65 Å². The van der Waals surface area contributed by atoms with E-state index < -0.39 is 11.2 Å². The summed E-state index contributed by atoms with van der Waals surface area (Å²) in [4.78, 5) is 41.9. The Bertz CT molecular complexity index is 1350. The normalized spacial score (nSPS) is 11.2. The zero-order valence-corrected chi connectivity index (χ0v) is 15.8. The van der Waals surface area contributed by atoms with Crippen molar-refractivity contribution < 1.29 is 4.79 Å². The minimum absolute atomic E-state index is 0.253. The number of anilines is 1. The Morgan fingerprint density at radius 2 is 1.85 bits per heavy atom. The van der Waals surface area contributed by atoms with Gasteiger partial charge in [-0.3, -0.25) is 18.7 Å². The summed E-state index contributed by atoms with van der Waals surface area (Å²) in [6.07, 6.45) is 1.45. The van der Waals surface area contributed by atoms with E-state index in [1.165, 1.54) is 29.1 Å². The van der Waals surface area contributed by atoms with Gasteiger partial charge in [-0.25, -0.2) is 9.78 Å². The molecule has 1 aromatic carbocycles. The van der Waals surface area contributed by atoms with Gasteiger partial charge in [-0.15, -0.1) is 11.3 Å². The fraction of sp³-hybridized carbons (Fsp3) is 0.158. The quantitative estimate of drug-likeness (QED) is 0.579. The number of aryl methyl sites for hydroxylation is 2. The Kier molecular flexibility index (Phi) is 3.92. The fourth-order valence-electron chi connectivity index (χ4n) is 3.11. The Morgan fingerprint density at radius 1 is 1.11 bits per heavy atom. The fourth-order valence-corrected chi connectivity index (χ4v) is 4.22. The molecule has 0 atom stereocenters. The molecule has 8 heteroatoms. The van der Waals surface area contributed by atoms with Crippen LogP contribution in [-0.4, -0.2) is 20.0 Å². The number of rotatable bonds is 2. The molecule has 3 aromatic heterocycles. The molecular weight excluding hydrogens is 364 g/mol. The number of hydrogen-bond acceptors (Lipinski definition) is 5. The van der Waals surface area contributed by atoms with E-state index in [4.69, 9.17) is 0 Å². The van der Waals surface area contributed by atoms with Crippen molar-refractivity contribution in [1.29, 1.82) is 0 Å². The molecule has 0 saturated heterocycles. The molecule has 0 aliphatic heterocycles. The molecule has 0 radical (unpaired) electrons. The van der Waals surface area contributed by atoms with Crippen LogP contribution in [0.25, 0.3) is 21.1 Å². The van der Waals surface area contributed by atoms with Crippen LogP contribution >= 0.6 is 11.3 Å². The maximum Gasteiger partial charge on any atom is 0.332 e. The van der Waals surface area contributed by atoms with E-state index in [0.29, 0.717) is 10.6 Å². The van der Waals surface area contributed by atoms with Gasteiger partial charge in [-0.2, -0.15) is 0 Å². The molecule has 1 N–H and O–H groups in total. The van der Waals surface area contributed by atoms with Gasteiger partial charge in [0.2, 0.25) is 0 Å². The molecule has 0 spiro atoms. The lowest BCUT2D eigenvalue weighted by Gasteiger charge is -2.09. The van der Waals surface area contributed by atoms with Crippen LogP contribution in [0.2, 0.25) is 0 Å². The molecule has 0 bridgehead atoms. The Balaban J connectivity index is 1.77. The molecule has 3 heterocycles. The molecule has 0 fully saturated rings. The molecule has 136 valence electrons. The van der Waals surface area contributed by atoms with Crippen LogP contribution in [0.1, 0.15) is 15.2 Å². The first-order valence-corrected chi connectivity index (χ1v) is 9.05. The molecule has 1 amide bonds. The highest BCUT2D eigenvalue weighted by atomic mass is 32.1. The summed E-state index contributed by atoms with van der Waals surface area (Å²) in [5.74, 6) is -0.253. The summed E-state index contributed by atoms with van der Waals surface area (Å²) >= 11 is 1.42. The highest BCUT2D eigenvalue weighted by molar-refractivity contribution is 7.21. The number of nitrogens with one attached hydrogen (secondary N) is 1. The maximum absolute atomic E-state index is 12.7. The zero-order chi connectivity index (χ0) is 19.3.